The van der Waals surface area contributed by atoms with E-state index in [4.69, 9.17) is 9.47 Å². The van der Waals surface area contributed by atoms with Gasteiger partial charge in [-0.15, -0.1) is 0 Å². The molecule has 0 amide bonds. The molecule has 0 spiro atoms. The second-order valence-electron chi connectivity index (χ2n) is 8.13. The lowest BCUT2D eigenvalue weighted by molar-refractivity contribution is -0.138. The first kappa shape index (κ1) is 20.2. The van der Waals surface area contributed by atoms with Gasteiger partial charge in [-0.25, -0.2) is 4.79 Å². The van der Waals surface area contributed by atoms with Gasteiger partial charge in [0, 0.05) is 29.3 Å². The Bertz CT molecular complexity index is 846. The van der Waals surface area contributed by atoms with Crippen molar-refractivity contribution in [3.63, 3.8) is 0 Å². The van der Waals surface area contributed by atoms with Gasteiger partial charge in [-0.1, -0.05) is 32.9 Å². The van der Waals surface area contributed by atoms with Crippen molar-refractivity contribution < 1.29 is 19.1 Å². The minimum atomic E-state index is -0.417. The minimum Gasteiger partial charge on any atom is -0.497 e. The maximum Gasteiger partial charge on any atom is 0.336 e. The highest BCUT2D eigenvalue weighted by Gasteiger charge is 2.43. The van der Waals surface area contributed by atoms with E-state index in [1.807, 2.05) is 31.2 Å². The minimum absolute atomic E-state index is 0.0940. The predicted octanol–water partition coefficient (Wildman–Crippen LogP) is 4.25. The molecule has 0 bridgehead atoms. The van der Waals surface area contributed by atoms with Crippen LogP contribution >= 0.6 is 0 Å². The van der Waals surface area contributed by atoms with Gasteiger partial charge in [0.1, 0.15) is 5.75 Å². The zero-order chi connectivity index (χ0) is 20.5. The van der Waals surface area contributed by atoms with Gasteiger partial charge >= 0.3 is 5.97 Å². The summed E-state index contributed by atoms with van der Waals surface area (Å²) in [4.78, 5) is 26.1. The van der Waals surface area contributed by atoms with E-state index in [-0.39, 0.29) is 17.2 Å². The molecule has 0 fully saturated rings. The Morgan fingerprint density at radius 3 is 2.43 bits per heavy atom. The molecule has 5 heteroatoms. The van der Waals surface area contributed by atoms with Crippen molar-refractivity contribution >= 4 is 11.8 Å². The number of hydrogen-bond donors (Lipinski definition) is 1. The summed E-state index contributed by atoms with van der Waals surface area (Å²) in [6, 6.07) is 7.59. The number of nitrogens with one attached hydrogen (secondary N) is 1. The highest BCUT2D eigenvalue weighted by molar-refractivity contribution is 6.04. The lowest BCUT2D eigenvalue weighted by Gasteiger charge is -2.40. The van der Waals surface area contributed by atoms with Crippen molar-refractivity contribution in [1.29, 1.82) is 0 Å². The van der Waals surface area contributed by atoms with E-state index >= 15 is 0 Å². The summed E-state index contributed by atoms with van der Waals surface area (Å²) in [5.41, 5.74) is 3.81. The molecule has 2 aliphatic rings. The van der Waals surface area contributed by atoms with E-state index in [1.54, 1.807) is 14.0 Å². The van der Waals surface area contributed by atoms with Gasteiger partial charge in [0.2, 0.25) is 0 Å². The topological polar surface area (TPSA) is 64.6 Å². The highest BCUT2D eigenvalue weighted by Crippen LogP contribution is 2.47. The van der Waals surface area contributed by atoms with E-state index in [0.29, 0.717) is 30.6 Å². The molecule has 1 N–H and O–H groups in total. The summed E-state index contributed by atoms with van der Waals surface area (Å²) in [5.74, 6) is 0.0495. The average molecular weight is 383 g/mol. The number of allylic oxidation sites excluding steroid dienone is 3. The van der Waals surface area contributed by atoms with Crippen LogP contribution in [0.5, 0.6) is 5.75 Å². The molecule has 5 nitrogen and oxygen atoms in total. The molecular weight excluding hydrogens is 354 g/mol. The first-order chi connectivity index (χ1) is 13.3. The fourth-order valence-electron chi connectivity index (χ4n) is 4.21. The third-order valence-corrected chi connectivity index (χ3v) is 5.42. The fourth-order valence-corrected chi connectivity index (χ4v) is 4.21. The lowest BCUT2D eigenvalue weighted by atomic mass is 9.68. The van der Waals surface area contributed by atoms with Crippen molar-refractivity contribution in [2.45, 2.75) is 52.9 Å². The number of carbonyl (C=O) groups excluding carboxylic acids is 2. The van der Waals surface area contributed by atoms with Crippen molar-refractivity contribution in [3.05, 3.63) is 52.4 Å². The molecule has 1 atom stereocenters. The molecule has 150 valence electrons. The summed E-state index contributed by atoms with van der Waals surface area (Å²) in [5, 5.41) is 3.42. The molecule has 0 saturated carbocycles. The van der Waals surface area contributed by atoms with E-state index in [9.17, 15) is 9.59 Å². The van der Waals surface area contributed by atoms with E-state index in [1.165, 1.54) is 0 Å². The first-order valence-electron chi connectivity index (χ1n) is 9.88. The van der Waals surface area contributed by atoms with Crippen LogP contribution < -0.4 is 10.1 Å². The maximum atomic E-state index is 13.2. The first-order valence-corrected chi connectivity index (χ1v) is 9.88. The molecule has 1 aromatic carbocycles. The summed E-state index contributed by atoms with van der Waals surface area (Å²) in [6.07, 6.45) is 1.91. The largest absolute Gasteiger partial charge is 0.497 e. The highest BCUT2D eigenvalue weighted by atomic mass is 16.5. The zero-order valence-electron chi connectivity index (χ0n) is 17.3. The number of benzene rings is 1. The maximum absolute atomic E-state index is 13.2. The van der Waals surface area contributed by atoms with E-state index < -0.39 is 5.92 Å². The quantitative estimate of drug-likeness (QED) is 0.770. The molecule has 1 unspecified atom stereocenters. The van der Waals surface area contributed by atoms with Crippen LogP contribution in [0, 0.1) is 5.41 Å². The molecule has 1 aliphatic carbocycles. The standard InChI is InChI=1S/C23H29NO4/c1-6-16-21(22(26)28-7-2)19(14-8-10-15(27-5)11-9-14)20-17(24-16)12-23(3,4)13-18(20)25/h8-11,19,24H,6-7,12-13H2,1-5H3. The Morgan fingerprint density at radius 1 is 1.18 bits per heavy atom. The van der Waals surface area contributed by atoms with Crippen LogP contribution in [0.15, 0.2) is 46.8 Å². The Kier molecular flexibility index (Phi) is 5.64. The monoisotopic (exact) mass is 383 g/mol. The number of methoxy groups -OCH3 is 1. The summed E-state index contributed by atoms with van der Waals surface area (Å²) < 4.78 is 10.6. The lowest BCUT2D eigenvalue weighted by Crippen LogP contribution is -2.39. The molecular formula is C23H29NO4. The smallest absolute Gasteiger partial charge is 0.336 e. The molecule has 0 saturated heterocycles. The third kappa shape index (κ3) is 3.71. The van der Waals surface area contributed by atoms with Crippen molar-refractivity contribution in [2.24, 2.45) is 5.41 Å². The Labute approximate surface area is 166 Å². The predicted molar refractivity (Wildman–Crippen MR) is 108 cm³/mol. The van der Waals surface area contributed by atoms with Gasteiger partial charge in [-0.3, -0.25) is 4.79 Å². The van der Waals surface area contributed by atoms with E-state index in [2.05, 4.69) is 19.2 Å². The molecule has 0 aromatic heterocycles. The Hall–Kier alpha value is -2.56. The molecule has 1 aliphatic heterocycles. The van der Waals surface area contributed by atoms with Gasteiger partial charge in [-0.05, 0) is 42.9 Å². The van der Waals surface area contributed by atoms with Crippen LogP contribution in [-0.2, 0) is 14.3 Å². The Balaban J connectivity index is 2.18. The Morgan fingerprint density at radius 2 is 1.86 bits per heavy atom. The van der Waals surface area contributed by atoms with Gasteiger partial charge < -0.3 is 14.8 Å². The molecule has 3 rings (SSSR count). The number of dihydropyridines is 1. The van der Waals surface area contributed by atoms with Crippen molar-refractivity contribution in [1.82, 2.24) is 5.32 Å². The van der Waals surface area contributed by atoms with Crippen LogP contribution in [0.4, 0.5) is 0 Å². The molecule has 1 heterocycles. The molecule has 28 heavy (non-hydrogen) atoms. The summed E-state index contributed by atoms with van der Waals surface area (Å²) >= 11 is 0. The van der Waals surface area contributed by atoms with Gasteiger partial charge in [0.25, 0.3) is 0 Å². The third-order valence-electron chi connectivity index (χ3n) is 5.42. The zero-order valence-corrected chi connectivity index (χ0v) is 17.3. The van der Waals surface area contributed by atoms with Gasteiger partial charge in [-0.2, -0.15) is 0 Å². The number of esters is 1. The van der Waals surface area contributed by atoms with Gasteiger partial charge in [0.05, 0.1) is 19.3 Å². The van der Waals surface area contributed by atoms with Crippen LogP contribution in [0.1, 0.15) is 58.4 Å². The SMILES string of the molecule is CCOC(=O)C1=C(CC)NC2=C(C(=O)CC(C)(C)C2)C1c1ccc(OC)cc1. The normalized spacial score (nSPS) is 21.2. The number of hydrogen-bond acceptors (Lipinski definition) is 5. The number of rotatable bonds is 5. The van der Waals surface area contributed by atoms with Crippen LogP contribution in [0.25, 0.3) is 0 Å². The fraction of sp³-hybridized carbons (Fsp3) is 0.478. The van der Waals surface area contributed by atoms with Crippen LogP contribution in [-0.4, -0.2) is 25.5 Å². The second-order valence-corrected chi connectivity index (χ2v) is 8.13. The van der Waals surface area contributed by atoms with Crippen molar-refractivity contribution in [2.75, 3.05) is 13.7 Å². The summed E-state index contributed by atoms with van der Waals surface area (Å²) in [6.45, 7) is 8.31. The summed E-state index contributed by atoms with van der Waals surface area (Å²) in [7, 11) is 1.62. The van der Waals surface area contributed by atoms with Crippen molar-refractivity contribution in [3.8, 4) is 5.75 Å². The molecule has 0 radical (unpaired) electrons. The van der Waals surface area contributed by atoms with Gasteiger partial charge in [0.15, 0.2) is 5.78 Å². The second kappa shape index (κ2) is 7.82. The number of ketones is 1. The number of ether oxygens (including phenoxy) is 2. The van der Waals surface area contributed by atoms with Crippen LogP contribution in [0.3, 0.4) is 0 Å². The van der Waals surface area contributed by atoms with E-state index in [0.717, 1.165) is 29.1 Å². The number of carbonyl (C=O) groups is 2. The van der Waals surface area contributed by atoms with Crippen LogP contribution in [0.2, 0.25) is 0 Å². The molecule has 1 aromatic rings. The average Bonchev–Trinajstić information content (AvgIpc) is 2.65. The number of Topliss-reactive ketones (excluding diaryl/α,β-unsaturated/α-hetero) is 1.